The van der Waals surface area contributed by atoms with E-state index in [0.29, 0.717) is 73.9 Å². The second-order valence-electron chi connectivity index (χ2n) is 13.3. The van der Waals surface area contributed by atoms with Crippen molar-refractivity contribution in [3.05, 3.63) is 53.2 Å². The van der Waals surface area contributed by atoms with Gasteiger partial charge in [-0.25, -0.2) is 4.98 Å². The van der Waals surface area contributed by atoms with E-state index in [0.717, 1.165) is 10.4 Å². The van der Waals surface area contributed by atoms with E-state index in [4.69, 9.17) is 9.47 Å². The van der Waals surface area contributed by atoms with E-state index in [1.54, 1.807) is 41.6 Å². The summed E-state index contributed by atoms with van der Waals surface area (Å²) in [5, 5.41) is 21.5. The van der Waals surface area contributed by atoms with Crippen molar-refractivity contribution in [1.82, 2.24) is 36.1 Å². The molecule has 2 aromatic heterocycles. The van der Waals surface area contributed by atoms with Gasteiger partial charge in [-0.15, -0.1) is 11.3 Å². The zero-order valence-electron chi connectivity index (χ0n) is 30.7. The third-order valence-corrected chi connectivity index (χ3v) is 9.65. The molecule has 0 saturated carbocycles. The van der Waals surface area contributed by atoms with Crippen molar-refractivity contribution in [2.75, 3.05) is 39.9 Å². The number of amides is 5. The molecule has 5 amide bonds. The predicted molar refractivity (Wildman–Crippen MR) is 199 cm³/mol. The van der Waals surface area contributed by atoms with E-state index in [1.165, 1.54) is 25.4 Å². The molecule has 16 heteroatoms. The van der Waals surface area contributed by atoms with Gasteiger partial charge in [0.2, 0.25) is 17.7 Å². The standard InChI is InChI=1S/C37H51N7O8S/c1-23(2)20-26-35(48)43-33(24(3)45)36(49)41-14-5-6-18-44(37(50)30-12-11-29(53-30)34-39-16-17-40-34)19-7-15-38-32(47)22-52-27-10-8-25(21-28(27)51-4)9-13-31(46)42-26/h8,10-12,16-17,21,23-24,26,33,45H,5-7,9,13-15,18-20,22H2,1-4H3,(H,38,47)(H,39,40)(H,41,49)(H,42,46)(H,43,48)/t24-,26-,33+/m1/s1. The highest BCUT2D eigenvalue weighted by Gasteiger charge is 2.30. The molecule has 3 aromatic rings. The lowest BCUT2D eigenvalue weighted by molar-refractivity contribution is -0.134. The minimum absolute atomic E-state index is 0.0495. The highest BCUT2D eigenvalue weighted by atomic mass is 32.1. The van der Waals surface area contributed by atoms with E-state index in [2.05, 4.69) is 31.2 Å². The Hall–Kier alpha value is -4.96. The third kappa shape index (κ3) is 12.6. The minimum atomic E-state index is -1.24. The van der Waals surface area contributed by atoms with Crippen LogP contribution in [0, 0.1) is 5.92 Å². The largest absolute Gasteiger partial charge is 0.493 e. The van der Waals surface area contributed by atoms with Crippen LogP contribution < -0.4 is 30.7 Å². The molecule has 53 heavy (non-hydrogen) atoms. The van der Waals surface area contributed by atoms with Gasteiger partial charge in [0.15, 0.2) is 18.1 Å². The SMILES string of the molecule is COc1cc2ccc1OCC(=O)NCCCN(C(=O)c1ccc(-c3ncc[nH]3)s1)CCCCNC(=O)[C@H]([C@@H](C)O)NC(=O)[C@@H](CC(C)C)NC(=O)CC2. The number of nitrogens with one attached hydrogen (secondary N) is 5. The Bertz CT molecular complexity index is 1680. The van der Waals surface area contributed by atoms with Gasteiger partial charge in [0.05, 0.1) is 23.0 Å². The van der Waals surface area contributed by atoms with Crippen LogP contribution in [-0.2, 0) is 25.6 Å². The van der Waals surface area contributed by atoms with Crippen LogP contribution in [0.2, 0.25) is 0 Å². The minimum Gasteiger partial charge on any atom is -0.493 e. The van der Waals surface area contributed by atoms with Gasteiger partial charge in [0, 0.05) is 45.0 Å². The Labute approximate surface area is 313 Å². The monoisotopic (exact) mass is 753 g/mol. The molecule has 0 radical (unpaired) electrons. The lowest BCUT2D eigenvalue weighted by Crippen LogP contribution is -2.57. The number of methoxy groups -OCH3 is 1. The Morgan fingerprint density at radius 1 is 0.981 bits per heavy atom. The zero-order valence-corrected chi connectivity index (χ0v) is 31.6. The molecule has 288 valence electrons. The van der Waals surface area contributed by atoms with Crippen LogP contribution >= 0.6 is 11.3 Å². The average molecular weight is 754 g/mol. The lowest BCUT2D eigenvalue weighted by atomic mass is 10.0. The molecule has 6 N–H and O–H groups in total. The average Bonchev–Trinajstić information content (AvgIpc) is 3.85. The molecule has 2 bridgehead atoms. The molecule has 5 rings (SSSR count). The van der Waals surface area contributed by atoms with Crippen LogP contribution in [0.15, 0.2) is 42.7 Å². The summed E-state index contributed by atoms with van der Waals surface area (Å²) < 4.78 is 11.2. The molecular formula is C37H51N7O8S. The second-order valence-corrected chi connectivity index (χ2v) is 14.4. The molecule has 0 saturated heterocycles. The van der Waals surface area contributed by atoms with Gasteiger partial charge in [0.25, 0.3) is 11.8 Å². The summed E-state index contributed by atoms with van der Waals surface area (Å²) in [7, 11) is 1.48. The Morgan fingerprint density at radius 3 is 2.47 bits per heavy atom. The van der Waals surface area contributed by atoms with Crippen molar-refractivity contribution in [3.8, 4) is 22.2 Å². The zero-order chi connectivity index (χ0) is 38.3. The summed E-state index contributed by atoms with van der Waals surface area (Å²) >= 11 is 1.33. The smallest absolute Gasteiger partial charge is 0.263 e. The first-order valence-electron chi connectivity index (χ1n) is 18.0. The highest BCUT2D eigenvalue weighted by Crippen LogP contribution is 2.29. The maximum atomic E-state index is 13.7. The normalized spacial score (nSPS) is 19.8. The van der Waals surface area contributed by atoms with Gasteiger partial charge in [0.1, 0.15) is 17.9 Å². The van der Waals surface area contributed by atoms with Gasteiger partial charge in [-0.2, -0.15) is 0 Å². The van der Waals surface area contributed by atoms with E-state index in [1.807, 2.05) is 19.9 Å². The van der Waals surface area contributed by atoms with E-state index < -0.39 is 30.0 Å². The number of carbonyl (C=O) groups excluding carboxylic acids is 5. The summed E-state index contributed by atoms with van der Waals surface area (Å²) in [6.45, 7) is 6.33. The molecule has 0 fully saturated rings. The van der Waals surface area contributed by atoms with Crippen LogP contribution in [0.5, 0.6) is 11.5 Å². The summed E-state index contributed by atoms with van der Waals surface area (Å²) in [6.07, 6.45) is 4.47. The van der Waals surface area contributed by atoms with Gasteiger partial charge in [-0.1, -0.05) is 19.9 Å². The number of aromatic nitrogens is 2. The third-order valence-electron chi connectivity index (χ3n) is 8.57. The number of aliphatic hydroxyl groups is 1. The fourth-order valence-electron chi connectivity index (χ4n) is 5.77. The first-order chi connectivity index (χ1) is 25.4. The summed E-state index contributed by atoms with van der Waals surface area (Å²) in [6, 6.07) is 6.62. The number of hydrogen-bond acceptors (Lipinski definition) is 10. The quantitative estimate of drug-likeness (QED) is 0.204. The molecule has 4 heterocycles. The van der Waals surface area contributed by atoms with Crippen LogP contribution in [0.1, 0.15) is 68.1 Å². The maximum absolute atomic E-state index is 13.7. The number of H-pyrrole nitrogens is 1. The van der Waals surface area contributed by atoms with Crippen LogP contribution in [0.25, 0.3) is 10.7 Å². The van der Waals surface area contributed by atoms with Crippen LogP contribution in [0.4, 0.5) is 0 Å². The number of imidazole rings is 1. The number of aryl methyl sites for hydroxylation is 1. The number of aromatic amines is 1. The van der Waals surface area contributed by atoms with Gasteiger partial charge >= 0.3 is 0 Å². The van der Waals surface area contributed by atoms with Crippen molar-refractivity contribution >= 4 is 40.9 Å². The second kappa shape index (κ2) is 20.3. The fraction of sp³-hybridized carbons (Fsp3) is 0.514. The molecule has 3 atom stereocenters. The summed E-state index contributed by atoms with van der Waals surface area (Å²) in [5.41, 5.74) is 0.782. The van der Waals surface area contributed by atoms with Crippen LogP contribution in [-0.4, -0.2) is 108 Å². The first kappa shape index (κ1) is 40.8. The van der Waals surface area contributed by atoms with Crippen molar-refractivity contribution in [2.45, 2.75) is 77.5 Å². The number of ether oxygens (including phenoxy) is 2. The lowest BCUT2D eigenvalue weighted by Gasteiger charge is -2.26. The van der Waals surface area contributed by atoms with Gasteiger partial charge in [-0.05, 0) is 74.8 Å². The predicted octanol–water partition coefficient (Wildman–Crippen LogP) is 2.41. The molecular weight excluding hydrogens is 703 g/mol. The van der Waals surface area contributed by atoms with E-state index >= 15 is 0 Å². The Balaban J connectivity index is 1.49. The van der Waals surface area contributed by atoms with E-state index in [9.17, 15) is 29.1 Å². The fourth-order valence-corrected chi connectivity index (χ4v) is 6.70. The number of fused-ring (bicyclic) bond motifs is 23. The number of nitrogens with zero attached hydrogens (tertiary/aromatic N) is 2. The number of carbonyl (C=O) groups is 5. The number of aliphatic hydroxyl groups excluding tert-OH is 1. The summed E-state index contributed by atoms with van der Waals surface area (Å²) in [4.78, 5) is 76.3. The molecule has 1 aromatic carbocycles. The molecule has 15 nitrogen and oxygen atoms in total. The van der Waals surface area contributed by atoms with Gasteiger partial charge < -0.3 is 45.7 Å². The van der Waals surface area contributed by atoms with Crippen molar-refractivity contribution in [1.29, 1.82) is 0 Å². The Morgan fingerprint density at radius 2 is 1.75 bits per heavy atom. The number of benzene rings is 1. The van der Waals surface area contributed by atoms with Crippen molar-refractivity contribution in [3.63, 3.8) is 0 Å². The van der Waals surface area contributed by atoms with E-state index in [-0.39, 0.29) is 43.2 Å². The molecule has 2 aliphatic rings. The maximum Gasteiger partial charge on any atom is 0.263 e. The first-order valence-corrected chi connectivity index (χ1v) is 18.8. The number of rotatable bonds is 6. The molecule has 0 spiro atoms. The molecule has 0 unspecified atom stereocenters. The van der Waals surface area contributed by atoms with Crippen molar-refractivity contribution < 1.29 is 38.6 Å². The summed E-state index contributed by atoms with van der Waals surface area (Å²) in [5.74, 6) is -0.490. The number of thiophene rings is 1. The Kier molecular flexibility index (Phi) is 15.6. The van der Waals surface area contributed by atoms with Gasteiger partial charge in [-0.3, -0.25) is 24.0 Å². The van der Waals surface area contributed by atoms with Crippen molar-refractivity contribution in [2.24, 2.45) is 5.92 Å². The molecule has 2 aliphatic heterocycles. The number of hydrogen-bond donors (Lipinski definition) is 6. The van der Waals surface area contributed by atoms with Crippen LogP contribution in [0.3, 0.4) is 0 Å². The molecule has 0 aliphatic carbocycles. The topological polar surface area (TPSA) is 204 Å². The highest BCUT2D eigenvalue weighted by molar-refractivity contribution is 7.17.